The number of rotatable bonds is 4. The molecule has 0 unspecified atom stereocenters. The Morgan fingerprint density at radius 1 is 1.44 bits per heavy atom. The Morgan fingerprint density at radius 2 is 2.11 bits per heavy atom. The molecule has 0 heterocycles. The van der Waals surface area contributed by atoms with E-state index in [1.54, 1.807) is 12.1 Å². The summed E-state index contributed by atoms with van der Waals surface area (Å²) in [5.74, 6) is -1.57. The Kier molecular flexibility index (Phi) is 4.74. The standard InChI is InChI=1S/C12H12ClNO4/c1-7(5-11(15)16)12(17)14-9-6-8(13)3-4-10(9)18-2/h3-6H,1-2H3,(H,14,17)(H,15,16)/p-1/b7-5-. The van der Waals surface area contributed by atoms with Gasteiger partial charge in [-0.05, 0) is 31.2 Å². The fourth-order valence-corrected chi connectivity index (χ4v) is 1.41. The normalized spacial score (nSPS) is 10.9. The summed E-state index contributed by atoms with van der Waals surface area (Å²) in [6, 6.07) is 4.71. The number of carbonyl (C=O) groups excluding carboxylic acids is 2. The van der Waals surface area contributed by atoms with E-state index in [1.807, 2.05) is 0 Å². The first-order valence-corrected chi connectivity index (χ1v) is 5.36. The van der Waals surface area contributed by atoms with Crippen LogP contribution in [0.1, 0.15) is 6.92 Å². The van der Waals surface area contributed by atoms with E-state index in [0.717, 1.165) is 0 Å². The number of methoxy groups -OCH3 is 1. The molecule has 96 valence electrons. The number of benzene rings is 1. The van der Waals surface area contributed by atoms with Crippen molar-refractivity contribution in [2.45, 2.75) is 6.92 Å². The zero-order valence-corrected chi connectivity index (χ0v) is 10.6. The number of amides is 1. The summed E-state index contributed by atoms with van der Waals surface area (Å²) in [4.78, 5) is 22.0. The largest absolute Gasteiger partial charge is 0.545 e. The third-order valence-corrected chi connectivity index (χ3v) is 2.34. The van der Waals surface area contributed by atoms with Crippen molar-refractivity contribution in [3.8, 4) is 5.75 Å². The number of hydrogen-bond acceptors (Lipinski definition) is 4. The maximum absolute atomic E-state index is 11.7. The minimum absolute atomic E-state index is 0.0111. The van der Waals surface area contributed by atoms with Gasteiger partial charge in [0, 0.05) is 10.6 Å². The molecule has 0 radical (unpaired) electrons. The first-order chi connectivity index (χ1) is 8.43. The van der Waals surface area contributed by atoms with Gasteiger partial charge in [0.05, 0.1) is 18.8 Å². The second kappa shape index (κ2) is 6.07. The molecule has 5 nitrogen and oxygen atoms in total. The van der Waals surface area contributed by atoms with E-state index in [1.165, 1.54) is 20.1 Å². The van der Waals surface area contributed by atoms with E-state index in [4.69, 9.17) is 16.3 Å². The topological polar surface area (TPSA) is 78.5 Å². The maximum Gasteiger partial charge on any atom is 0.251 e. The van der Waals surface area contributed by atoms with Crippen molar-refractivity contribution in [2.24, 2.45) is 0 Å². The Labute approximate surface area is 109 Å². The highest BCUT2D eigenvalue weighted by Gasteiger charge is 2.09. The highest BCUT2D eigenvalue weighted by molar-refractivity contribution is 6.31. The molecule has 1 rings (SSSR count). The second-order valence-corrected chi connectivity index (χ2v) is 3.88. The number of anilines is 1. The number of carboxylic acids is 1. The third kappa shape index (κ3) is 3.78. The van der Waals surface area contributed by atoms with Crippen molar-refractivity contribution in [1.29, 1.82) is 0 Å². The lowest BCUT2D eigenvalue weighted by Gasteiger charge is -2.10. The van der Waals surface area contributed by atoms with E-state index in [2.05, 4.69) is 5.32 Å². The van der Waals surface area contributed by atoms with Crippen molar-refractivity contribution < 1.29 is 19.4 Å². The molecule has 0 saturated carbocycles. The van der Waals surface area contributed by atoms with Gasteiger partial charge in [0.2, 0.25) is 0 Å². The molecule has 0 fully saturated rings. The van der Waals surface area contributed by atoms with Gasteiger partial charge in [0.15, 0.2) is 0 Å². The number of ether oxygens (including phenoxy) is 1. The van der Waals surface area contributed by atoms with Crippen LogP contribution in [0.3, 0.4) is 0 Å². The molecule has 0 aliphatic rings. The van der Waals surface area contributed by atoms with E-state index in [-0.39, 0.29) is 5.57 Å². The second-order valence-electron chi connectivity index (χ2n) is 3.45. The molecule has 1 amide bonds. The zero-order chi connectivity index (χ0) is 13.7. The molecule has 1 aromatic rings. The molecule has 1 N–H and O–H groups in total. The molecular formula is C12H11ClNO4-. The highest BCUT2D eigenvalue weighted by atomic mass is 35.5. The van der Waals surface area contributed by atoms with Gasteiger partial charge in [-0.25, -0.2) is 0 Å². The SMILES string of the molecule is COc1ccc(Cl)cc1NC(=O)/C(C)=C\C(=O)[O-]. The van der Waals surface area contributed by atoms with Crippen LogP contribution in [-0.2, 0) is 9.59 Å². The first-order valence-electron chi connectivity index (χ1n) is 4.98. The molecule has 0 aliphatic heterocycles. The zero-order valence-electron chi connectivity index (χ0n) is 9.82. The van der Waals surface area contributed by atoms with Crippen LogP contribution < -0.4 is 15.2 Å². The number of halogens is 1. The van der Waals surface area contributed by atoms with E-state index in [9.17, 15) is 14.7 Å². The summed E-state index contributed by atoms with van der Waals surface area (Å²) in [5, 5.41) is 13.3. The molecule has 18 heavy (non-hydrogen) atoms. The number of aliphatic carboxylic acids is 1. The fourth-order valence-electron chi connectivity index (χ4n) is 1.24. The molecule has 0 spiro atoms. The molecule has 1 aromatic carbocycles. The summed E-state index contributed by atoms with van der Waals surface area (Å²) in [6.45, 7) is 1.36. The summed E-state index contributed by atoms with van der Waals surface area (Å²) in [6.07, 6.45) is 0.715. The van der Waals surface area contributed by atoms with Gasteiger partial charge in [-0.3, -0.25) is 4.79 Å². The van der Waals surface area contributed by atoms with Crippen LogP contribution in [0.25, 0.3) is 0 Å². The molecule has 0 atom stereocenters. The van der Waals surface area contributed by atoms with Crippen molar-refractivity contribution >= 4 is 29.2 Å². The summed E-state index contributed by atoms with van der Waals surface area (Å²) in [7, 11) is 1.45. The van der Waals surface area contributed by atoms with Gasteiger partial charge >= 0.3 is 0 Å². The molecular weight excluding hydrogens is 258 g/mol. The lowest BCUT2D eigenvalue weighted by molar-refractivity contribution is -0.297. The van der Waals surface area contributed by atoms with E-state index >= 15 is 0 Å². The summed E-state index contributed by atoms with van der Waals surface area (Å²) < 4.78 is 5.04. The predicted molar refractivity (Wildman–Crippen MR) is 65.4 cm³/mol. The average Bonchev–Trinajstić information content (AvgIpc) is 2.28. The Hall–Kier alpha value is -2.01. The lowest BCUT2D eigenvalue weighted by atomic mass is 10.2. The van der Waals surface area contributed by atoms with Gasteiger partial charge in [0.25, 0.3) is 5.91 Å². The van der Waals surface area contributed by atoms with Crippen molar-refractivity contribution in [3.05, 3.63) is 34.9 Å². The van der Waals surface area contributed by atoms with Crippen molar-refractivity contribution in [2.75, 3.05) is 12.4 Å². The molecule has 0 bridgehead atoms. The van der Waals surface area contributed by atoms with E-state index < -0.39 is 11.9 Å². The van der Waals surface area contributed by atoms with Crippen molar-refractivity contribution in [3.63, 3.8) is 0 Å². The molecule has 0 saturated heterocycles. The van der Waals surface area contributed by atoms with Gasteiger partial charge < -0.3 is 20.0 Å². The molecule has 0 aliphatic carbocycles. The fraction of sp³-hybridized carbons (Fsp3) is 0.167. The minimum Gasteiger partial charge on any atom is -0.545 e. The number of carbonyl (C=O) groups is 2. The van der Waals surface area contributed by atoms with Crippen molar-refractivity contribution in [1.82, 2.24) is 0 Å². The quantitative estimate of drug-likeness (QED) is 0.826. The first kappa shape index (κ1) is 14.1. The predicted octanol–water partition coefficient (Wildman–Crippen LogP) is 0.983. The maximum atomic E-state index is 11.7. The lowest BCUT2D eigenvalue weighted by Crippen LogP contribution is -2.22. The van der Waals surface area contributed by atoms with Crippen LogP contribution in [0.15, 0.2) is 29.8 Å². The van der Waals surface area contributed by atoms with Crippen LogP contribution in [-0.4, -0.2) is 19.0 Å². The van der Waals surface area contributed by atoms with Crippen LogP contribution in [0.2, 0.25) is 5.02 Å². The van der Waals surface area contributed by atoms with Gasteiger partial charge in [-0.15, -0.1) is 0 Å². The average molecular weight is 269 g/mol. The number of nitrogens with one attached hydrogen (secondary N) is 1. The van der Waals surface area contributed by atoms with E-state index in [0.29, 0.717) is 22.5 Å². The van der Waals surface area contributed by atoms with Gasteiger partial charge in [-0.2, -0.15) is 0 Å². The van der Waals surface area contributed by atoms with Crippen LogP contribution in [0, 0.1) is 0 Å². The van der Waals surface area contributed by atoms with Crippen LogP contribution in [0.5, 0.6) is 5.75 Å². The van der Waals surface area contributed by atoms with Crippen LogP contribution in [0.4, 0.5) is 5.69 Å². The van der Waals surface area contributed by atoms with Gasteiger partial charge in [-0.1, -0.05) is 11.6 Å². The van der Waals surface area contributed by atoms with Crippen LogP contribution >= 0.6 is 11.6 Å². The smallest absolute Gasteiger partial charge is 0.251 e. The third-order valence-electron chi connectivity index (χ3n) is 2.10. The highest BCUT2D eigenvalue weighted by Crippen LogP contribution is 2.27. The number of carboxylic acid groups (broad SMARTS) is 1. The Morgan fingerprint density at radius 3 is 2.67 bits per heavy atom. The number of hydrogen-bond donors (Lipinski definition) is 1. The monoisotopic (exact) mass is 268 g/mol. The Bertz CT molecular complexity index is 511. The molecule has 0 aromatic heterocycles. The summed E-state index contributed by atoms with van der Waals surface area (Å²) in [5.41, 5.74) is 0.373. The Balaban J connectivity index is 2.94. The van der Waals surface area contributed by atoms with Gasteiger partial charge in [0.1, 0.15) is 5.75 Å². The molecule has 6 heteroatoms. The summed E-state index contributed by atoms with van der Waals surface area (Å²) >= 11 is 5.80. The minimum atomic E-state index is -1.43.